The van der Waals surface area contributed by atoms with Crippen LogP contribution < -0.4 is 15.8 Å². The molecular weight excluding hydrogens is 232 g/mol. The molecule has 0 heterocycles. The van der Waals surface area contributed by atoms with Crippen LogP contribution in [0.25, 0.3) is 0 Å². The molecule has 0 amide bonds. The molecule has 3 N–H and O–H groups in total. The summed E-state index contributed by atoms with van der Waals surface area (Å²) in [4.78, 5) is 11.2. The van der Waals surface area contributed by atoms with Crippen LogP contribution in [0, 0.1) is 0 Å². The fourth-order valence-corrected chi connectivity index (χ4v) is 1.42. The molecule has 0 aliphatic rings. The molecule has 5 heteroatoms. The molecular formula is C13H20N2O3. The monoisotopic (exact) mass is 252 g/mol. The Morgan fingerprint density at radius 3 is 2.83 bits per heavy atom. The van der Waals surface area contributed by atoms with E-state index in [0.29, 0.717) is 30.3 Å². The number of nitrogens with one attached hydrogen (secondary N) is 1. The van der Waals surface area contributed by atoms with Crippen molar-refractivity contribution in [1.82, 2.24) is 0 Å². The van der Waals surface area contributed by atoms with E-state index >= 15 is 0 Å². The van der Waals surface area contributed by atoms with Gasteiger partial charge in [-0.25, -0.2) is 0 Å². The van der Waals surface area contributed by atoms with Gasteiger partial charge in [-0.15, -0.1) is 0 Å². The lowest BCUT2D eigenvalue weighted by Crippen LogP contribution is -2.17. The first-order valence-corrected chi connectivity index (χ1v) is 6.09. The van der Waals surface area contributed by atoms with Gasteiger partial charge in [0.25, 0.3) is 0 Å². The minimum absolute atomic E-state index is 0.0925. The molecule has 18 heavy (non-hydrogen) atoms. The van der Waals surface area contributed by atoms with E-state index in [0.717, 1.165) is 6.42 Å². The van der Waals surface area contributed by atoms with Gasteiger partial charge in [0.15, 0.2) is 0 Å². The van der Waals surface area contributed by atoms with Gasteiger partial charge in [0, 0.05) is 0 Å². The number of carbonyl (C=O) groups excluding carboxylic acids is 1. The second kappa shape index (κ2) is 7.42. The van der Waals surface area contributed by atoms with Crippen LogP contribution in [-0.2, 0) is 9.53 Å². The highest BCUT2D eigenvalue weighted by Gasteiger charge is 2.07. The van der Waals surface area contributed by atoms with Crippen molar-refractivity contribution in [1.29, 1.82) is 0 Å². The van der Waals surface area contributed by atoms with Crippen LogP contribution in [0.3, 0.4) is 0 Å². The molecule has 0 radical (unpaired) electrons. The number of hydrogen-bond donors (Lipinski definition) is 2. The molecule has 0 bridgehead atoms. The van der Waals surface area contributed by atoms with Crippen molar-refractivity contribution >= 4 is 17.3 Å². The van der Waals surface area contributed by atoms with Crippen molar-refractivity contribution in [2.24, 2.45) is 0 Å². The standard InChI is InChI=1S/C13H20N2O3/c1-3-8-18-11-7-5-6-10(13(11)14)15-9-12(16)17-4-2/h5-7,15H,3-4,8-9,14H2,1-2H3. The first-order chi connectivity index (χ1) is 8.69. The Balaban J connectivity index is 2.62. The molecule has 1 aromatic rings. The van der Waals surface area contributed by atoms with Gasteiger partial charge in [0.05, 0.1) is 24.6 Å². The lowest BCUT2D eigenvalue weighted by Gasteiger charge is -2.13. The van der Waals surface area contributed by atoms with Gasteiger partial charge >= 0.3 is 5.97 Å². The van der Waals surface area contributed by atoms with Crippen LogP contribution in [0.4, 0.5) is 11.4 Å². The summed E-state index contributed by atoms with van der Waals surface area (Å²) in [7, 11) is 0. The lowest BCUT2D eigenvalue weighted by atomic mass is 10.2. The quantitative estimate of drug-likeness (QED) is 0.574. The summed E-state index contributed by atoms with van der Waals surface area (Å²) < 4.78 is 10.3. The lowest BCUT2D eigenvalue weighted by molar-refractivity contribution is -0.140. The first kappa shape index (κ1) is 14.2. The molecule has 0 atom stereocenters. The molecule has 1 rings (SSSR count). The average Bonchev–Trinajstić information content (AvgIpc) is 2.36. The van der Waals surface area contributed by atoms with E-state index in [1.54, 1.807) is 19.1 Å². The third-order valence-electron chi connectivity index (χ3n) is 2.26. The van der Waals surface area contributed by atoms with Crippen LogP contribution in [0.15, 0.2) is 18.2 Å². The zero-order valence-corrected chi connectivity index (χ0v) is 10.9. The number of anilines is 2. The summed E-state index contributed by atoms with van der Waals surface area (Å²) in [5.41, 5.74) is 7.13. The largest absolute Gasteiger partial charge is 0.491 e. The summed E-state index contributed by atoms with van der Waals surface area (Å²) in [6.45, 7) is 4.88. The predicted molar refractivity (Wildman–Crippen MR) is 71.8 cm³/mol. The van der Waals surface area contributed by atoms with Gasteiger partial charge in [0.1, 0.15) is 12.3 Å². The molecule has 0 unspecified atom stereocenters. The van der Waals surface area contributed by atoms with Crippen molar-refractivity contribution < 1.29 is 14.3 Å². The van der Waals surface area contributed by atoms with Crippen LogP contribution >= 0.6 is 0 Å². The molecule has 1 aromatic carbocycles. The highest BCUT2D eigenvalue weighted by molar-refractivity contribution is 5.79. The molecule has 0 saturated carbocycles. The van der Waals surface area contributed by atoms with Gasteiger partial charge in [-0.05, 0) is 25.5 Å². The Hall–Kier alpha value is -1.91. The zero-order chi connectivity index (χ0) is 13.4. The van der Waals surface area contributed by atoms with E-state index in [1.807, 2.05) is 13.0 Å². The Morgan fingerprint density at radius 1 is 1.39 bits per heavy atom. The van der Waals surface area contributed by atoms with Crippen LogP contribution in [0.1, 0.15) is 20.3 Å². The number of benzene rings is 1. The fraction of sp³-hybridized carbons (Fsp3) is 0.462. The van der Waals surface area contributed by atoms with Crippen molar-refractivity contribution in [3.63, 3.8) is 0 Å². The number of carbonyl (C=O) groups is 1. The summed E-state index contributed by atoms with van der Waals surface area (Å²) >= 11 is 0. The first-order valence-electron chi connectivity index (χ1n) is 6.09. The van der Waals surface area contributed by atoms with E-state index in [2.05, 4.69) is 5.32 Å². The topological polar surface area (TPSA) is 73.6 Å². The highest BCUT2D eigenvalue weighted by atomic mass is 16.5. The normalized spacial score (nSPS) is 9.89. The molecule has 0 saturated heterocycles. The second-order valence-corrected chi connectivity index (χ2v) is 3.72. The third-order valence-corrected chi connectivity index (χ3v) is 2.26. The van der Waals surface area contributed by atoms with Crippen molar-refractivity contribution in [3.05, 3.63) is 18.2 Å². The molecule has 0 aliphatic heterocycles. The molecule has 0 aromatic heterocycles. The molecule has 100 valence electrons. The SMILES string of the molecule is CCCOc1cccc(NCC(=O)OCC)c1N. The van der Waals surface area contributed by atoms with Crippen molar-refractivity contribution in [3.8, 4) is 5.75 Å². The molecule has 0 spiro atoms. The Kier molecular flexibility index (Phi) is 5.84. The van der Waals surface area contributed by atoms with E-state index in [1.165, 1.54) is 0 Å². The number of rotatable bonds is 7. The number of nitrogen functional groups attached to an aromatic ring is 1. The summed E-state index contributed by atoms with van der Waals surface area (Å²) in [6.07, 6.45) is 0.917. The van der Waals surface area contributed by atoms with E-state index in [9.17, 15) is 4.79 Å². The average molecular weight is 252 g/mol. The van der Waals surface area contributed by atoms with Crippen LogP contribution in [-0.4, -0.2) is 25.7 Å². The zero-order valence-electron chi connectivity index (χ0n) is 10.9. The number of esters is 1. The van der Waals surface area contributed by atoms with Gasteiger partial charge in [-0.1, -0.05) is 13.0 Å². The van der Waals surface area contributed by atoms with Gasteiger partial charge in [0.2, 0.25) is 0 Å². The summed E-state index contributed by atoms with van der Waals surface area (Å²) in [5.74, 6) is 0.322. The number of ether oxygens (including phenoxy) is 2. The Morgan fingerprint density at radius 2 is 2.17 bits per heavy atom. The second-order valence-electron chi connectivity index (χ2n) is 3.72. The highest BCUT2D eigenvalue weighted by Crippen LogP contribution is 2.29. The van der Waals surface area contributed by atoms with Gasteiger partial charge in [-0.2, -0.15) is 0 Å². The summed E-state index contributed by atoms with van der Waals surface area (Å²) in [6, 6.07) is 5.43. The number of hydrogen-bond acceptors (Lipinski definition) is 5. The number of para-hydroxylation sites is 1. The smallest absolute Gasteiger partial charge is 0.325 e. The Labute approximate surface area is 107 Å². The minimum atomic E-state index is -0.309. The maximum atomic E-state index is 11.2. The maximum absolute atomic E-state index is 11.2. The molecule has 0 fully saturated rings. The van der Waals surface area contributed by atoms with Crippen molar-refractivity contribution in [2.45, 2.75) is 20.3 Å². The minimum Gasteiger partial charge on any atom is -0.491 e. The van der Waals surface area contributed by atoms with Gasteiger partial charge in [-0.3, -0.25) is 4.79 Å². The molecule has 0 aliphatic carbocycles. The van der Waals surface area contributed by atoms with Crippen LogP contribution in [0.2, 0.25) is 0 Å². The van der Waals surface area contributed by atoms with Crippen LogP contribution in [0.5, 0.6) is 5.75 Å². The fourth-order valence-electron chi connectivity index (χ4n) is 1.42. The number of nitrogens with two attached hydrogens (primary N) is 1. The van der Waals surface area contributed by atoms with E-state index < -0.39 is 0 Å². The maximum Gasteiger partial charge on any atom is 0.325 e. The third kappa shape index (κ3) is 4.16. The molecule has 5 nitrogen and oxygen atoms in total. The summed E-state index contributed by atoms with van der Waals surface area (Å²) in [5, 5.41) is 2.93. The van der Waals surface area contributed by atoms with E-state index in [4.69, 9.17) is 15.2 Å². The van der Waals surface area contributed by atoms with Crippen molar-refractivity contribution in [2.75, 3.05) is 30.8 Å². The predicted octanol–water partition coefficient (Wildman–Crippen LogP) is 2.03. The van der Waals surface area contributed by atoms with E-state index in [-0.39, 0.29) is 12.5 Å². The van der Waals surface area contributed by atoms with Gasteiger partial charge < -0.3 is 20.5 Å². The Bertz CT molecular complexity index is 394.